The Morgan fingerprint density at radius 1 is 0.848 bits per heavy atom. The standard InChI is InChI=1S/C23H13Cl2F2N3O3/c24-15-11-14(8-9-16(15)26)30-22(32)19(25)20(23(30)33)28-13-5-3-4-12(10-13)21(31)29-18-7-2-1-6-17(18)27/h1-11,28H,(H,29,31). The van der Waals surface area contributed by atoms with Gasteiger partial charge in [0.2, 0.25) is 0 Å². The smallest absolute Gasteiger partial charge is 0.283 e. The zero-order valence-corrected chi connectivity index (χ0v) is 18.0. The summed E-state index contributed by atoms with van der Waals surface area (Å²) >= 11 is 11.9. The van der Waals surface area contributed by atoms with E-state index in [2.05, 4.69) is 10.6 Å². The van der Waals surface area contributed by atoms with Crippen molar-refractivity contribution in [3.8, 4) is 0 Å². The molecule has 0 aromatic heterocycles. The topological polar surface area (TPSA) is 78.5 Å². The largest absolute Gasteiger partial charge is 0.350 e. The average Bonchev–Trinajstić information content (AvgIpc) is 3.00. The lowest BCUT2D eigenvalue weighted by Gasteiger charge is -2.15. The van der Waals surface area contributed by atoms with Crippen molar-refractivity contribution in [3.63, 3.8) is 0 Å². The Morgan fingerprint density at radius 2 is 1.61 bits per heavy atom. The zero-order valence-electron chi connectivity index (χ0n) is 16.5. The molecule has 2 N–H and O–H groups in total. The van der Waals surface area contributed by atoms with Crippen LogP contribution in [0.3, 0.4) is 0 Å². The molecule has 0 saturated heterocycles. The Kier molecular flexibility index (Phi) is 6.13. The Hall–Kier alpha value is -3.75. The van der Waals surface area contributed by atoms with E-state index in [4.69, 9.17) is 23.2 Å². The van der Waals surface area contributed by atoms with Gasteiger partial charge in [-0.25, -0.2) is 13.7 Å². The van der Waals surface area contributed by atoms with Gasteiger partial charge in [0.15, 0.2) is 0 Å². The van der Waals surface area contributed by atoms with Crippen LogP contribution in [0.5, 0.6) is 0 Å². The first kappa shape index (κ1) is 22.4. The summed E-state index contributed by atoms with van der Waals surface area (Å²) < 4.78 is 27.3. The first-order chi connectivity index (χ1) is 15.8. The molecule has 3 aromatic rings. The van der Waals surface area contributed by atoms with Crippen LogP contribution < -0.4 is 15.5 Å². The van der Waals surface area contributed by atoms with E-state index in [0.717, 1.165) is 17.0 Å². The highest BCUT2D eigenvalue weighted by molar-refractivity contribution is 6.53. The summed E-state index contributed by atoms with van der Waals surface area (Å²) in [5.41, 5.74) is 0.276. The normalized spacial score (nSPS) is 13.5. The number of nitrogens with zero attached hydrogens (tertiary/aromatic N) is 1. The van der Waals surface area contributed by atoms with E-state index in [1.54, 1.807) is 12.1 Å². The first-order valence-corrected chi connectivity index (χ1v) is 10.2. The van der Waals surface area contributed by atoms with Gasteiger partial charge in [0.1, 0.15) is 22.4 Å². The van der Waals surface area contributed by atoms with Crippen molar-refractivity contribution in [2.45, 2.75) is 0 Å². The van der Waals surface area contributed by atoms with Crippen LogP contribution in [-0.4, -0.2) is 17.7 Å². The van der Waals surface area contributed by atoms with Gasteiger partial charge in [-0.05, 0) is 48.5 Å². The van der Waals surface area contributed by atoms with Crippen molar-refractivity contribution in [2.75, 3.05) is 15.5 Å². The lowest BCUT2D eigenvalue weighted by atomic mass is 10.1. The average molecular weight is 488 g/mol. The number of hydrogen-bond donors (Lipinski definition) is 2. The van der Waals surface area contributed by atoms with Crippen molar-refractivity contribution < 1.29 is 23.2 Å². The molecule has 0 saturated carbocycles. The molecule has 3 aromatic carbocycles. The van der Waals surface area contributed by atoms with E-state index in [1.807, 2.05) is 0 Å². The van der Waals surface area contributed by atoms with Gasteiger partial charge < -0.3 is 10.6 Å². The highest BCUT2D eigenvalue weighted by Gasteiger charge is 2.39. The highest BCUT2D eigenvalue weighted by Crippen LogP contribution is 2.32. The van der Waals surface area contributed by atoms with E-state index in [-0.39, 0.29) is 38.4 Å². The summed E-state index contributed by atoms with van der Waals surface area (Å²) in [7, 11) is 0. The van der Waals surface area contributed by atoms with Gasteiger partial charge in [-0.2, -0.15) is 0 Å². The maximum absolute atomic E-state index is 13.8. The lowest BCUT2D eigenvalue weighted by Crippen LogP contribution is -2.32. The molecule has 1 heterocycles. The van der Waals surface area contributed by atoms with Crippen LogP contribution in [0.15, 0.2) is 77.5 Å². The summed E-state index contributed by atoms with van der Waals surface area (Å²) in [6.45, 7) is 0. The molecule has 0 atom stereocenters. The monoisotopic (exact) mass is 487 g/mol. The van der Waals surface area contributed by atoms with Gasteiger partial charge >= 0.3 is 0 Å². The molecule has 33 heavy (non-hydrogen) atoms. The second-order valence-corrected chi connectivity index (χ2v) is 7.66. The van der Waals surface area contributed by atoms with Crippen LogP contribution in [-0.2, 0) is 9.59 Å². The number of amides is 3. The zero-order chi connectivity index (χ0) is 23.7. The molecule has 1 aliphatic rings. The number of carbonyl (C=O) groups excluding carboxylic acids is 3. The summed E-state index contributed by atoms with van der Waals surface area (Å²) in [6, 6.07) is 15.1. The fourth-order valence-corrected chi connectivity index (χ4v) is 3.50. The molecule has 166 valence electrons. The number of hydrogen-bond acceptors (Lipinski definition) is 4. The van der Waals surface area contributed by atoms with Gasteiger partial charge in [0, 0.05) is 11.3 Å². The molecule has 4 rings (SSSR count). The van der Waals surface area contributed by atoms with Crippen LogP contribution in [0.25, 0.3) is 0 Å². The Morgan fingerprint density at radius 3 is 2.33 bits per heavy atom. The number of rotatable bonds is 5. The van der Waals surface area contributed by atoms with Gasteiger partial charge in [0.25, 0.3) is 17.7 Å². The second-order valence-electron chi connectivity index (χ2n) is 6.87. The maximum Gasteiger partial charge on any atom is 0.283 e. The van der Waals surface area contributed by atoms with Crippen LogP contribution in [0.1, 0.15) is 10.4 Å². The third kappa shape index (κ3) is 4.44. The molecule has 0 bridgehead atoms. The molecular formula is C23H13Cl2F2N3O3. The molecule has 0 aliphatic carbocycles. The Bertz CT molecular complexity index is 1340. The molecule has 0 fully saturated rings. The SMILES string of the molecule is O=C(Nc1ccccc1F)c1cccc(NC2=C(Cl)C(=O)N(c3ccc(F)c(Cl)c3)C2=O)c1. The van der Waals surface area contributed by atoms with Crippen molar-refractivity contribution in [1.82, 2.24) is 0 Å². The number of anilines is 3. The van der Waals surface area contributed by atoms with Crippen LogP contribution in [0.2, 0.25) is 5.02 Å². The van der Waals surface area contributed by atoms with Crippen molar-refractivity contribution in [1.29, 1.82) is 0 Å². The summed E-state index contributed by atoms with van der Waals surface area (Å²) in [5, 5.41) is 4.55. The van der Waals surface area contributed by atoms with E-state index < -0.39 is 29.4 Å². The van der Waals surface area contributed by atoms with Gasteiger partial charge in [-0.15, -0.1) is 0 Å². The van der Waals surface area contributed by atoms with Crippen molar-refractivity contribution >= 4 is 58.0 Å². The third-order valence-corrected chi connectivity index (χ3v) is 5.35. The highest BCUT2D eigenvalue weighted by atomic mass is 35.5. The van der Waals surface area contributed by atoms with Crippen molar-refractivity contribution in [2.24, 2.45) is 0 Å². The van der Waals surface area contributed by atoms with Gasteiger partial charge in [-0.1, -0.05) is 41.4 Å². The Balaban J connectivity index is 1.56. The van der Waals surface area contributed by atoms with Crippen LogP contribution in [0, 0.1) is 11.6 Å². The predicted molar refractivity (Wildman–Crippen MR) is 121 cm³/mol. The predicted octanol–water partition coefficient (Wildman–Crippen LogP) is 5.31. The van der Waals surface area contributed by atoms with E-state index in [0.29, 0.717) is 0 Å². The van der Waals surface area contributed by atoms with Crippen LogP contribution >= 0.6 is 23.2 Å². The first-order valence-electron chi connectivity index (χ1n) is 9.43. The fourth-order valence-electron chi connectivity index (χ4n) is 3.11. The molecule has 0 unspecified atom stereocenters. The van der Waals surface area contributed by atoms with E-state index in [9.17, 15) is 23.2 Å². The summed E-state index contributed by atoms with van der Waals surface area (Å²) in [6.07, 6.45) is 0. The number of para-hydroxylation sites is 1. The lowest BCUT2D eigenvalue weighted by molar-refractivity contribution is -0.120. The van der Waals surface area contributed by atoms with Crippen LogP contribution in [0.4, 0.5) is 25.8 Å². The summed E-state index contributed by atoms with van der Waals surface area (Å²) in [4.78, 5) is 38.7. The minimum absolute atomic E-state index is 0.0109. The van der Waals surface area contributed by atoms with E-state index in [1.165, 1.54) is 42.5 Å². The molecule has 1 aliphatic heterocycles. The van der Waals surface area contributed by atoms with E-state index >= 15 is 0 Å². The minimum Gasteiger partial charge on any atom is -0.350 e. The number of imide groups is 1. The summed E-state index contributed by atoms with van der Waals surface area (Å²) in [5.74, 6) is -3.48. The fraction of sp³-hybridized carbons (Fsp3) is 0. The maximum atomic E-state index is 13.8. The number of nitrogens with one attached hydrogen (secondary N) is 2. The van der Waals surface area contributed by atoms with Gasteiger partial charge in [-0.3, -0.25) is 14.4 Å². The minimum atomic E-state index is -0.819. The number of halogens is 4. The second kappa shape index (κ2) is 9.01. The molecule has 10 heteroatoms. The van der Waals surface area contributed by atoms with Crippen molar-refractivity contribution in [3.05, 3.63) is 99.7 Å². The molecule has 0 radical (unpaired) electrons. The molecule has 0 spiro atoms. The van der Waals surface area contributed by atoms with Gasteiger partial charge in [0.05, 0.1) is 16.4 Å². The number of carbonyl (C=O) groups is 3. The molecular weight excluding hydrogens is 475 g/mol. The molecule has 6 nitrogen and oxygen atoms in total. The Labute approximate surface area is 196 Å². The third-order valence-electron chi connectivity index (χ3n) is 4.70. The number of benzene rings is 3. The quantitative estimate of drug-likeness (QED) is 0.478. The molecule has 3 amide bonds.